The maximum atomic E-state index is 11.8. The van der Waals surface area contributed by atoms with Gasteiger partial charge < -0.3 is 20.6 Å². The second-order valence-corrected chi connectivity index (χ2v) is 5.41. The van der Waals surface area contributed by atoms with E-state index in [0.29, 0.717) is 12.8 Å². The van der Waals surface area contributed by atoms with Gasteiger partial charge in [-0.05, 0) is 26.4 Å². The van der Waals surface area contributed by atoms with Crippen LogP contribution in [-0.2, 0) is 4.79 Å². The summed E-state index contributed by atoms with van der Waals surface area (Å²) in [6, 6.07) is -1.25. The van der Waals surface area contributed by atoms with E-state index in [9.17, 15) is 9.59 Å². The fourth-order valence-corrected chi connectivity index (χ4v) is 1.73. The zero-order valence-electron chi connectivity index (χ0n) is 12.6. The Morgan fingerprint density at radius 2 is 1.79 bits per heavy atom. The van der Waals surface area contributed by atoms with Gasteiger partial charge in [0.2, 0.25) is 0 Å². The number of rotatable bonds is 8. The molecular formula is C13H27N3O3. The number of nitrogens with zero attached hydrogens (tertiary/aromatic N) is 1. The van der Waals surface area contributed by atoms with Gasteiger partial charge in [0.15, 0.2) is 0 Å². The van der Waals surface area contributed by atoms with Gasteiger partial charge in [-0.3, -0.25) is 0 Å². The molecule has 6 nitrogen and oxygen atoms in total. The Bertz CT molecular complexity index is 293. The molecule has 3 N–H and O–H groups in total. The Labute approximate surface area is 115 Å². The zero-order chi connectivity index (χ0) is 15.0. The van der Waals surface area contributed by atoms with Gasteiger partial charge in [-0.25, -0.2) is 9.59 Å². The summed E-state index contributed by atoms with van der Waals surface area (Å²) in [5.74, 6) is -0.715. The van der Waals surface area contributed by atoms with Crippen LogP contribution in [0.2, 0.25) is 0 Å². The summed E-state index contributed by atoms with van der Waals surface area (Å²) in [5.41, 5.74) is 0. The maximum Gasteiger partial charge on any atom is 0.326 e. The van der Waals surface area contributed by atoms with Gasteiger partial charge in [0.05, 0.1) is 0 Å². The van der Waals surface area contributed by atoms with Crippen LogP contribution in [0.4, 0.5) is 4.79 Å². The van der Waals surface area contributed by atoms with Crippen LogP contribution in [0.3, 0.4) is 0 Å². The van der Waals surface area contributed by atoms with Crippen LogP contribution in [0.1, 0.15) is 33.6 Å². The smallest absolute Gasteiger partial charge is 0.326 e. The second kappa shape index (κ2) is 8.74. The fourth-order valence-electron chi connectivity index (χ4n) is 1.73. The van der Waals surface area contributed by atoms with E-state index in [1.807, 2.05) is 39.8 Å². The van der Waals surface area contributed by atoms with E-state index >= 15 is 0 Å². The van der Waals surface area contributed by atoms with Crippen LogP contribution in [0.15, 0.2) is 0 Å². The molecule has 0 aliphatic rings. The summed E-state index contributed by atoms with van der Waals surface area (Å²) in [4.78, 5) is 24.8. The predicted octanol–water partition coefficient (Wildman–Crippen LogP) is 1.13. The van der Waals surface area contributed by atoms with Crippen molar-refractivity contribution in [1.29, 1.82) is 0 Å². The number of nitrogens with one attached hydrogen (secondary N) is 2. The minimum Gasteiger partial charge on any atom is -0.480 e. The minimum atomic E-state index is -0.995. The molecule has 112 valence electrons. The second-order valence-electron chi connectivity index (χ2n) is 5.41. The Morgan fingerprint density at radius 3 is 2.16 bits per heavy atom. The van der Waals surface area contributed by atoms with Crippen molar-refractivity contribution >= 4 is 12.0 Å². The van der Waals surface area contributed by atoms with Gasteiger partial charge in [-0.1, -0.05) is 27.2 Å². The summed E-state index contributed by atoms with van der Waals surface area (Å²) in [5, 5.41) is 14.3. The monoisotopic (exact) mass is 273 g/mol. The molecule has 0 heterocycles. The number of carbonyl (C=O) groups excluding carboxylic acids is 1. The van der Waals surface area contributed by atoms with Gasteiger partial charge in [0, 0.05) is 12.6 Å². The Hall–Kier alpha value is -1.30. The van der Waals surface area contributed by atoms with E-state index in [1.54, 1.807) is 0 Å². The summed E-state index contributed by atoms with van der Waals surface area (Å²) in [7, 11) is 3.87. The van der Waals surface area contributed by atoms with Gasteiger partial charge in [-0.15, -0.1) is 0 Å². The molecule has 0 rings (SSSR count). The number of likely N-dealkylation sites (N-methyl/N-ethyl adjacent to an activating group) is 1. The van der Waals surface area contributed by atoms with Crippen LogP contribution in [0, 0.1) is 5.92 Å². The molecule has 0 saturated heterocycles. The molecule has 2 amide bonds. The lowest BCUT2D eigenvalue weighted by Gasteiger charge is -2.26. The largest absolute Gasteiger partial charge is 0.480 e. The lowest BCUT2D eigenvalue weighted by atomic mass is 10.0. The Kier molecular flexibility index (Phi) is 8.14. The Balaban J connectivity index is 4.42. The van der Waals surface area contributed by atoms with Crippen LogP contribution >= 0.6 is 0 Å². The van der Waals surface area contributed by atoms with Crippen LogP contribution in [0.25, 0.3) is 0 Å². The number of hydrogen-bond acceptors (Lipinski definition) is 3. The molecule has 0 aromatic rings. The number of urea groups is 1. The first-order valence-corrected chi connectivity index (χ1v) is 6.72. The summed E-state index contributed by atoms with van der Waals surface area (Å²) in [6.07, 6.45) is 1.14. The van der Waals surface area contributed by atoms with Crippen molar-refractivity contribution in [3.05, 3.63) is 0 Å². The highest BCUT2D eigenvalue weighted by atomic mass is 16.4. The van der Waals surface area contributed by atoms with E-state index in [0.717, 1.165) is 6.54 Å². The number of hydrogen-bond donors (Lipinski definition) is 3. The predicted molar refractivity (Wildman–Crippen MR) is 75.2 cm³/mol. The summed E-state index contributed by atoms with van der Waals surface area (Å²) < 4.78 is 0. The topological polar surface area (TPSA) is 81.7 Å². The molecule has 0 aromatic heterocycles. The highest BCUT2D eigenvalue weighted by molar-refractivity contribution is 5.82. The van der Waals surface area contributed by atoms with Crippen molar-refractivity contribution in [1.82, 2.24) is 15.5 Å². The highest BCUT2D eigenvalue weighted by Crippen LogP contribution is 2.03. The SMILES string of the molecule is CCC[C@@H](NC(=O)NC(CN(C)C)C(C)C)C(=O)O. The fraction of sp³-hybridized carbons (Fsp3) is 0.846. The first-order chi connectivity index (χ1) is 8.77. The molecule has 6 heteroatoms. The van der Waals surface area contributed by atoms with Crippen LogP contribution < -0.4 is 10.6 Å². The molecule has 0 aromatic carbocycles. The quantitative estimate of drug-likeness (QED) is 0.619. The third-order valence-electron chi connectivity index (χ3n) is 2.86. The van der Waals surface area contributed by atoms with Crippen molar-refractivity contribution < 1.29 is 14.7 Å². The van der Waals surface area contributed by atoms with E-state index in [4.69, 9.17) is 5.11 Å². The Morgan fingerprint density at radius 1 is 1.21 bits per heavy atom. The average molecular weight is 273 g/mol. The number of carboxylic acids is 1. The zero-order valence-corrected chi connectivity index (χ0v) is 12.6. The van der Waals surface area contributed by atoms with Crippen molar-refractivity contribution in [2.75, 3.05) is 20.6 Å². The average Bonchev–Trinajstić information content (AvgIpc) is 2.26. The molecule has 0 radical (unpaired) electrons. The van der Waals surface area contributed by atoms with Crippen molar-refractivity contribution in [2.24, 2.45) is 5.92 Å². The molecule has 0 bridgehead atoms. The first-order valence-electron chi connectivity index (χ1n) is 6.72. The third-order valence-corrected chi connectivity index (χ3v) is 2.86. The van der Waals surface area contributed by atoms with E-state index < -0.39 is 18.0 Å². The van der Waals surface area contributed by atoms with Gasteiger partial charge >= 0.3 is 12.0 Å². The molecule has 1 unspecified atom stereocenters. The molecule has 0 fully saturated rings. The van der Waals surface area contributed by atoms with Gasteiger partial charge in [0.25, 0.3) is 0 Å². The minimum absolute atomic E-state index is 0.00827. The number of aliphatic carboxylic acids is 1. The standard InChI is InChI=1S/C13H27N3O3/c1-6-7-10(12(17)18)14-13(19)15-11(9(2)3)8-16(4)5/h9-11H,6-8H2,1-5H3,(H,17,18)(H2,14,15,19)/t10-,11?/m1/s1. The lowest BCUT2D eigenvalue weighted by Crippen LogP contribution is -2.52. The molecule has 19 heavy (non-hydrogen) atoms. The van der Waals surface area contributed by atoms with E-state index in [1.165, 1.54) is 0 Å². The maximum absolute atomic E-state index is 11.8. The third kappa shape index (κ3) is 7.66. The van der Waals surface area contributed by atoms with Crippen molar-refractivity contribution in [2.45, 2.75) is 45.7 Å². The van der Waals surface area contributed by atoms with Crippen LogP contribution in [0.5, 0.6) is 0 Å². The van der Waals surface area contributed by atoms with Crippen LogP contribution in [-0.4, -0.2) is 54.7 Å². The number of carbonyl (C=O) groups is 2. The van der Waals surface area contributed by atoms with E-state index in [2.05, 4.69) is 10.6 Å². The lowest BCUT2D eigenvalue weighted by molar-refractivity contribution is -0.139. The molecular weight excluding hydrogens is 246 g/mol. The van der Waals surface area contributed by atoms with E-state index in [-0.39, 0.29) is 12.0 Å². The molecule has 2 atom stereocenters. The molecule has 0 spiro atoms. The molecule has 0 saturated carbocycles. The first kappa shape index (κ1) is 17.7. The molecule has 0 aliphatic carbocycles. The normalized spacial score (nSPS) is 14.3. The van der Waals surface area contributed by atoms with Gasteiger partial charge in [0.1, 0.15) is 6.04 Å². The molecule has 0 aliphatic heterocycles. The summed E-state index contributed by atoms with van der Waals surface area (Å²) >= 11 is 0. The summed E-state index contributed by atoms with van der Waals surface area (Å²) in [6.45, 7) is 6.65. The van der Waals surface area contributed by atoms with Crippen molar-refractivity contribution in [3.8, 4) is 0 Å². The number of amides is 2. The van der Waals surface area contributed by atoms with Crippen molar-refractivity contribution in [3.63, 3.8) is 0 Å². The number of carboxylic acid groups (broad SMARTS) is 1. The highest BCUT2D eigenvalue weighted by Gasteiger charge is 2.22. The van der Waals surface area contributed by atoms with Gasteiger partial charge in [-0.2, -0.15) is 0 Å².